The summed E-state index contributed by atoms with van der Waals surface area (Å²) in [6.07, 6.45) is 3.89. The average molecular weight is 470 g/mol. The second-order valence-corrected chi connectivity index (χ2v) is 8.34. The summed E-state index contributed by atoms with van der Waals surface area (Å²) in [7, 11) is 0. The molecule has 0 bridgehead atoms. The largest absolute Gasteiger partial charge is 0.339 e. The van der Waals surface area contributed by atoms with Gasteiger partial charge in [0.15, 0.2) is 0 Å². The minimum absolute atomic E-state index is 0.0745. The molecular weight excluding hydrogens is 446 g/mol. The number of nitrogens with zero attached hydrogens (tertiary/aromatic N) is 3. The first-order chi connectivity index (χ1) is 14.5. The first-order valence-corrected chi connectivity index (χ1v) is 10.9. The van der Waals surface area contributed by atoms with E-state index < -0.39 is 0 Å². The zero-order valence-electron chi connectivity index (χ0n) is 16.8. The number of amides is 3. The fourth-order valence-electron chi connectivity index (χ4n) is 3.67. The highest BCUT2D eigenvalue weighted by molar-refractivity contribution is 9.10. The SMILES string of the molecule is Cc1cc(NC(=O)NCCn2cnc3cc(C(=O)N4CCCC4)ccc32)ccc1Br. The van der Waals surface area contributed by atoms with E-state index in [0.29, 0.717) is 18.7 Å². The average Bonchev–Trinajstić information content (AvgIpc) is 3.40. The fraction of sp³-hybridized carbons (Fsp3) is 0.318. The lowest BCUT2D eigenvalue weighted by Crippen LogP contribution is -2.31. The maximum atomic E-state index is 12.6. The van der Waals surface area contributed by atoms with Gasteiger partial charge in [-0.2, -0.15) is 0 Å². The minimum Gasteiger partial charge on any atom is -0.339 e. The van der Waals surface area contributed by atoms with Gasteiger partial charge in [-0.25, -0.2) is 9.78 Å². The van der Waals surface area contributed by atoms with Crippen LogP contribution in [0.4, 0.5) is 10.5 Å². The Balaban J connectivity index is 1.34. The molecule has 156 valence electrons. The van der Waals surface area contributed by atoms with Gasteiger partial charge in [-0.1, -0.05) is 15.9 Å². The number of rotatable bonds is 5. The number of anilines is 1. The Morgan fingerprint density at radius 2 is 1.93 bits per heavy atom. The topological polar surface area (TPSA) is 79.3 Å². The maximum absolute atomic E-state index is 12.6. The van der Waals surface area contributed by atoms with Crippen molar-refractivity contribution in [2.45, 2.75) is 26.3 Å². The molecule has 1 aromatic heterocycles. The van der Waals surface area contributed by atoms with Crippen molar-refractivity contribution in [3.05, 3.63) is 58.3 Å². The monoisotopic (exact) mass is 469 g/mol. The summed E-state index contributed by atoms with van der Waals surface area (Å²) in [6, 6.07) is 11.1. The van der Waals surface area contributed by atoms with E-state index >= 15 is 0 Å². The van der Waals surface area contributed by atoms with Crippen LogP contribution in [0.1, 0.15) is 28.8 Å². The third-order valence-electron chi connectivity index (χ3n) is 5.32. The third kappa shape index (κ3) is 4.48. The number of aryl methyl sites for hydroxylation is 1. The number of fused-ring (bicyclic) bond motifs is 1. The first-order valence-electron chi connectivity index (χ1n) is 10.1. The maximum Gasteiger partial charge on any atom is 0.319 e. The van der Waals surface area contributed by atoms with E-state index in [-0.39, 0.29) is 11.9 Å². The highest BCUT2D eigenvalue weighted by Crippen LogP contribution is 2.20. The van der Waals surface area contributed by atoms with E-state index in [4.69, 9.17) is 0 Å². The van der Waals surface area contributed by atoms with Crippen molar-refractivity contribution in [1.82, 2.24) is 19.8 Å². The van der Waals surface area contributed by atoms with E-state index in [0.717, 1.165) is 52.7 Å². The van der Waals surface area contributed by atoms with Gasteiger partial charge >= 0.3 is 6.03 Å². The number of aromatic nitrogens is 2. The summed E-state index contributed by atoms with van der Waals surface area (Å²) in [6.45, 7) is 4.68. The van der Waals surface area contributed by atoms with Crippen LogP contribution in [0.15, 0.2) is 47.2 Å². The number of likely N-dealkylation sites (tertiary alicyclic amines) is 1. The summed E-state index contributed by atoms with van der Waals surface area (Å²) in [5, 5.41) is 5.70. The fourth-order valence-corrected chi connectivity index (χ4v) is 3.91. The predicted octanol–water partition coefficient (Wildman–Crippen LogP) is 4.16. The van der Waals surface area contributed by atoms with Gasteiger partial charge in [-0.15, -0.1) is 0 Å². The molecule has 1 fully saturated rings. The summed E-state index contributed by atoms with van der Waals surface area (Å²) in [5.41, 5.74) is 4.21. The van der Waals surface area contributed by atoms with Gasteiger partial charge in [0.25, 0.3) is 5.91 Å². The van der Waals surface area contributed by atoms with Crippen LogP contribution in [0.5, 0.6) is 0 Å². The molecule has 4 rings (SSSR count). The molecule has 30 heavy (non-hydrogen) atoms. The van der Waals surface area contributed by atoms with Crippen molar-refractivity contribution in [2.24, 2.45) is 0 Å². The van der Waals surface area contributed by atoms with Crippen molar-refractivity contribution < 1.29 is 9.59 Å². The van der Waals surface area contributed by atoms with Crippen LogP contribution in [-0.2, 0) is 6.54 Å². The third-order valence-corrected chi connectivity index (χ3v) is 6.21. The molecule has 1 aliphatic rings. The molecule has 8 heteroatoms. The predicted molar refractivity (Wildman–Crippen MR) is 121 cm³/mol. The van der Waals surface area contributed by atoms with Gasteiger partial charge in [-0.3, -0.25) is 4.79 Å². The highest BCUT2D eigenvalue weighted by atomic mass is 79.9. The van der Waals surface area contributed by atoms with Gasteiger partial charge in [0.2, 0.25) is 0 Å². The van der Waals surface area contributed by atoms with Crippen LogP contribution in [0, 0.1) is 6.92 Å². The van der Waals surface area contributed by atoms with E-state index in [9.17, 15) is 9.59 Å². The molecule has 1 aliphatic heterocycles. The number of urea groups is 1. The van der Waals surface area contributed by atoms with Crippen LogP contribution in [-0.4, -0.2) is 46.0 Å². The summed E-state index contributed by atoms with van der Waals surface area (Å²) >= 11 is 3.45. The van der Waals surface area contributed by atoms with Gasteiger partial charge in [0.1, 0.15) is 0 Å². The Bertz CT molecular complexity index is 1090. The second-order valence-electron chi connectivity index (χ2n) is 7.49. The molecule has 3 aromatic rings. The number of halogens is 1. The van der Waals surface area contributed by atoms with E-state index in [1.165, 1.54) is 0 Å². The first kappa shape index (κ1) is 20.4. The smallest absolute Gasteiger partial charge is 0.319 e. The van der Waals surface area contributed by atoms with Crippen LogP contribution in [0.3, 0.4) is 0 Å². The molecule has 0 saturated carbocycles. The van der Waals surface area contributed by atoms with Crippen molar-refractivity contribution in [1.29, 1.82) is 0 Å². The molecular formula is C22H24BrN5O2. The molecule has 0 spiro atoms. The molecule has 2 N–H and O–H groups in total. The molecule has 7 nitrogen and oxygen atoms in total. The van der Waals surface area contributed by atoms with Crippen molar-refractivity contribution in [2.75, 3.05) is 25.0 Å². The quantitative estimate of drug-likeness (QED) is 0.588. The number of hydrogen-bond acceptors (Lipinski definition) is 3. The van der Waals surface area contributed by atoms with Crippen LogP contribution >= 0.6 is 15.9 Å². The molecule has 0 atom stereocenters. The Hall–Kier alpha value is -2.87. The van der Waals surface area contributed by atoms with Crippen molar-refractivity contribution in [3.63, 3.8) is 0 Å². The Morgan fingerprint density at radius 3 is 2.70 bits per heavy atom. The van der Waals surface area contributed by atoms with Gasteiger partial charge < -0.3 is 20.1 Å². The van der Waals surface area contributed by atoms with Crippen LogP contribution in [0.2, 0.25) is 0 Å². The van der Waals surface area contributed by atoms with E-state index in [1.54, 1.807) is 6.33 Å². The van der Waals surface area contributed by atoms with Crippen LogP contribution in [0.25, 0.3) is 11.0 Å². The van der Waals surface area contributed by atoms with Gasteiger partial charge in [0.05, 0.1) is 17.4 Å². The normalized spacial score (nSPS) is 13.6. The number of benzene rings is 2. The molecule has 0 unspecified atom stereocenters. The van der Waals surface area contributed by atoms with Gasteiger partial charge in [0, 0.05) is 41.9 Å². The highest BCUT2D eigenvalue weighted by Gasteiger charge is 2.20. The van der Waals surface area contributed by atoms with Crippen LogP contribution < -0.4 is 10.6 Å². The van der Waals surface area contributed by atoms with E-state index in [1.807, 2.05) is 52.8 Å². The number of imidazole rings is 1. The number of carbonyl (C=O) groups excluding carboxylic acids is 2. The summed E-state index contributed by atoms with van der Waals surface area (Å²) in [4.78, 5) is 31.0. The lowest BCUT2D eigenvalue weighted by Gasteiger charge is -2.15. The molecule has 0 aliphatic carbocycles. The molecule has 1 saturated heterocycles. The summed E-state index contributed by atoms with van der Waals surface area (Å²) < 4.78 is 2.98. The number of nitrogens with one attached hydrogen (secondary N) is 2. The minimum atomic E-state index is -0.250. The van der Waals surface area contributed by atoms with Crippen molar-refractivity contribution in [3.8, 4) is 0 Å². The van der Waals surface area contributed by atoms with E-state index in [2.05, 4.69) is 31.5 Å². The zero-order valence-corrected chi connectivity index (χ0v) is 18.4. The van der Waals surface area contributed by atoms with Crippen molar-refractivity contribution >= 4 is 44.6 Å². The lowest BCUT2D eigenvalue weighted by molar-refractivity contribution is 0.0793. The Kier molecular flexibility index (Phi) is 6.03. The Labute approximate surface area is 183 Å². The molecule has 2 heterocycles. The zero-order chi connectivity index (χ0) is 21.1. The number of hydrogen-bond donors (Lipinski definition) is 2. The standard InChI is InChI=1S/C22H24BrN5O2/c1-15-12-17(5-6-18(15)23)26-22(30)24-8-11-28-14-25-19-13-16(4-7-20(19)28)21(29)27-9-2-3-10-27/h4-7,12-14H,2-3,8-11H2,1H3,(H2,24,26,30). The Morgan fingerprint density at radius 1 is 1.13 bits per heavy atom. The molecule has 0 radical (unpaired) electrons. The lowest BCUT2D eigenvalue weighted by atomic mass is 10.1. The van der Waals surface area contributed by atoms with Gasteiger partial charge in [-0.05, 0) is 61.7 Å². The number of carbonyl (C=O) groups is 2. The molecule has 3 amide bonds. The summed E-state index contributed by atoms with van der Waals surface area (Å²) in [5.74, 6) is 0.0745. The second kappa shape index (κ2) is 8.87. The molecule has 2 aromatic carbocycles.